The Labute approximate surface area is 176 Å². The van der Waals surface area contributed by atoms with Gasteiger partial charge in [0.2, 0.25) is 0 Å². The molecule has 0 radical (unpaired) electrons. The standard InChI is InChI=1S/C22H20BrNO5/c23-17-8-4-9-18(15-17)27-12-13-29-22(26)19(14-16-6-2-1-3-7-16)24-21(25)20-10-5-11-28-20/h1-11,15,19H,12-14H2,(H,24,25)/t19-/m0/s1. The van der Waals surface area contributed by atoms with Crippen molar-refractivity contribution in [2.24, 2.45) is 0 Å². The van der Waals surface area contributed by atoms with E-state index in [1.165, 1.54) is 12.3 Å². The van der Waals surface area contributed by atoms with Gasteiger partial charge >= 0.3 is 5.97 Å². The van der Waals surface area contributed by atoms with Crippen molar-refractivity contribution in [1.29, 1.82) is 0 Å². The molecule has 0 saturated carbocycles. The van der Waals surface area contributed by atoms with Crippen LogP contribution >= 0.6 is 15.9 Å². The maximum atomic E-state index is 12.6. The van der Waals surface area contributed by atoms with E-state index in [1.54, 1.807) is 6.07 Å². The van der Waals surface area contributed by atoms with E-state index in [9.17, 15) is 9.59 Å². The number of nitrogens with one attached hydrogen (secondary N) is 1. The number of hydrogen-bond donors (Lipinski definition) is 1. The van der Waals surface area contributed by atoms with E-state index < -0.39 is 17.9 Å². The molecular weight excluding hydrogens is 438 g/mol. The summed E-state index contributed by atoms with van der Waals surface area (Å²) in [6, 6.07) is 19.1. The molecule has 2 aromatic carbocycles. The number of ether oxygens (including phenoxy) is 2. The second-order valence-electron chi connectivity index (χ2n) is 6.17. The van der Waals surface area contributed by atoms with Gasteiger partial charge in [-0.05, 0) is 35.9 Å². The number of furan rings is 1. The van der Waals surface area contributed by atoms with Crippen LogP contribution in [0.5, 0.6) is 5.75 Å². The Morgan fingerprint density at radius 1 is 1.00 bits per heavy atom. The van der Waals surface area contributed by atoms with Crippen LogP contribution in [-0.2, 0) is 16.0 Å². The first-order chi connectivity index (χ1) is 14.1. The summed E-state index contributed by atoms with van der Waals surface area (Å²) in [6.45, 7) is 0.264. The van der Waals surface area contributed by atoms with Crippen LogP contribution in [0.25, 0.3) is 0 Å². The third-order valence-corrected chi connectivity index (χ3v) is 4.50. The molecule has 1 atom stereocenters. The van der Waals surface area contributed by atoms with Gasteiger partial charge in [-0.1, -0.05) is 52.3 Å². The van der Waals surface area contributed by atoms with Crippen molar-refractivity contribution in [1.82, 2.24) is 5.32 Å². The van der Waals surface area contributed by atoms with Gasteiger partial charge < -0.3 is 19.2 Å². The summed E-state index contributed by atoms with van der Waals surface area (Å²) in [4.78, 5) is 24.9. The van der Waals surface area contributed by atoms with Gasteiger partial charge in [-0.3, -0.25) is 4.79 Å². The number of halogens is 1. The summed E-state index contributed by atoms with van der Waals surface area (Å²) in [7, 11) is 0. The molecule has 1 N–H and O–H groups in total. The number of hydrogen-bond acceptors (Lipinski definition) is 5. The van der Waals surface area contributed by atoms with E-state index in [2.05, 4.69) is 21.2 Å². The number of carbonyl (C=O) groups is 2. The zero-order valence-electron chi connectivity index (χ0n) is 15.5. The number of carbonyl (C=O) groups excluding carboxylic acids is 2. The molecule has 0 aliphatic heterocycles. The lowest BCUT2D eigenvalue weighted by Crippen LogP contribution is -2.43. The van der Waals surface area contributed by atoms with Crippen molar-refractivity contribution < 1.29 is 23.5 Å². The smallest absolute Gasteiger partial charge is 0.329 e. The van der Waals surface area contributed by atoms with E-state index >= 15 is 0 Å². The van der Waals surface area contributed by atoms with Gasteiger partial charge in [0.25, 0.3) is 5.91 Å². The van der Waals surface area contributed by atoms with Crippen LogP contribution in [0.4, 0.5) is 0 Å². The molecule has 1 heterocycles. The molecule has 3 rings (SSSR count). The van der Waals surface area contributed by atoms with Gasteiger partial charge in [0, 0.05) is 10.9 Å². The number of rotatable bonds is 9. The van der Waals surface area contributed by atoms with Gasteiger partial charge in [-0.15, -0.1) is 0 Å². The van der Waals surface area contributed by atoms with Crippen molar-refractivity contribution in [3.63, 3.8) is 0 Å². The fourth-order valence-corrected chi connectivity index (χ4v) is 3.02. The summed E-state index contributed by atoms with van der Waals surface area (Å²) in [6.07, 6.45) is 1.71. The quantitative estimate of drug-likeness (QED) is 0.388. The van der Waals surface area contributed by atoms with Crippen LogP contribution in [0.2, 0.25) is 0 Å². The highest BCUT2D eigenvalue weighted by Gasteiger charge is 2.24. The molecular formula is C22H20BrNO5. The fraction of sp³-hybridized carbons (Fsp3) is 0.182. The fourth-order valence-electron chi connectivity index (χ4n) is 2.64. The molecule has 29 heavy (non-hydrogen) atoms. The minimum atomic E-state index is -0.846. The molecule has 7 heteroatoms. The first-order valence-electron chi connectivity index (χ1n) is 9.05. The molecule has 0 aliphatic rings. The van der Waals surface area contributed by atoms with Crippen molar-refractivity contribution in [2.45, 2.75) is 12.5 Å². The first kappa shape index (κ1) is 20.7. The Hall–Kier alpha value is -3.06. The van der Waals surface area contributed by atoms with Crippen molar-refractivity contribution in [3.8, 4) is 5.75 Å². The van der Waals surface area contributed by atoms with Gasteiger partial charge in [-0.25, -0.2) is 4.79 Å². The SMILES string of the molecule is O=C(N[C@@H](Cc1ccccc1)C(=O)OCCOc1cccc(Br)c1)c1ccco1. The van der Waals surface area contributed by atoms with Crippen molar-refractivity contribution in [3.05, 3.63) is 88.8 Å². The van der Waals surface area contributed by atoms with Crippen molar-refractivity contribution in [2.75, 3.05) is 13.2 Å². The summed E-state index contributed by atoms with van der Waals surface area (Å²) in [5.41, 5.74) is 0.902. The van der Waals surface area contributed by atoms with Gasteiger partial charge in [0.05, 0.1) is 6.26 Å². The molecule has 0 aliphatic carbocycles. The summed E-state index contributed by atoms with van der Waals surface area (Å²) >= 11 is 3.37. The Morgan fingerprint density at radius 3 is 2.55 bits per heavy atom. The minimum Gasteiger partial charge on any atom is -0.490 e. The normalized spacial score (nSPS) is 11.5. The number of esters is 1. The van der Waals surface area contributed by atoms with Crippen LogP contribution in [0.3, 0.4) is 0 Å². The monoisotopic (exact) mass is 457 g/mol. The maximum absolute atomic E-state index is 12.6. The highest BCUT2D eigenvalue weighted by atomic mass is 79.9. The van der Waals surface area contributed by atoms with E-state index in [4.69, 9.17) is 13.9 Å². The minimum absolute atomic E-state index is 0.0628. The first-order valence-corrected chi connectivity index (χ1v) is 9.84. The molecule has 3 aromatic rings. The topological polar surface area (TPSA) is 77.8 Å². The lowest BCUT2D eigenvalue weighted by atomic mass is 10.1. The van der Waals surface area contributed by atoms with Crippen LogP contribution in [0.15, 0.2) is 81.9 Å². The lowest BCUT2D eigenvalue weighted by molar-refractivity contribution is -0.146. The third kappa shape index (κ3) is 6.50. The zero-order chi connectivity index (χ0) is 20.5. The van der Waals surface area contributed by atoms with Gasteiger partial charge in [-0.2, -0.15) is 0 Å². The second-order valence-corrected chi connectivity index (χ2v) is 7.08. The van der Waals surface area contributed by atoms with E-state index in [0.717, 1.165) is 10.0 Å². The molecule has 0 bridgehead atoms. The summed E-state index contributed by atoms with van der Waals surface area (Å²) in [5, 5.41) is 2.68. The average Bonchev–Trinajstić information content (AvgIpc) is 3.26. The van der Waals surface area contributed by atoms with Crippen LogP contribution in [-0.4, -0.2) is 31.1 Å². The van der Waals surface area contributed by atoms with Crippen molar-refractivity contribution >= 4 is 27.8 Å². The predicted molar refractivity (Wildman–Crippen MR) is 111 cm³/mol. The summed E-state index contributed by atoms with van der Waals surface area (Å²) < 4.78 is 16.9. The summed E-state index contributed by atoms with van der Waals surface area (Å²) in [5.74, 6) is -0.207. The Balaban J connectivity index is 1.56. The highest BCUT2D eigenvalue weighted by Crippen LogP contribution is 2.17. The van der Waals surface area contributed by atoms with E-state index in [1.807, 2.05) is 54.6 Å². The number of benzene rings is 2. The van der Waals surface area contributed by atoms with E-state index in [-0.39, 0.29) is 19.0 Å². The lowest BCUT2D eigenvalue weighted by Gasteiger charge is -2.17. The third-order valence-electron chi connectivity index (χ3n) is 4.01. The average molecular weight is 458 g/mol. The molecule has 6 nitrogen and oxygen atoms in total. The van der Waals surface area contributed by atoms with Crippen LogP contribution in [0, 0.1) is 0 Å². The largest absolute Gasteiger partial charge is 0.490 e. The molecule has 0 unspecified atom stereocenters. The van der Waals surface area contributed by atoms with E-state index in [0.29, 0.717) is 12.2 Å². The Kier molecular flexibility index (Phi) is 7.47. The molecule has 0 saturated heterocycles. The molecule has 0 fully saturated rings. The van der Waals surface area contributed by atoms with Crippen LogP contribution < -0.4 is 10.1 Å². The predicted octanol–water partition coefficient (Wildman–Crippen LogP) is 4.01. The second kappa shape index (κ2) is 10.5. The maximum Gasteiger partial charge on any atom is 0.329 e. The van der Waals surface area contributed by atoms with Gasteiger partial charge in [0.1, 0.15) is 25.0 Å². The number of amides is 1. The molecule has 1 aromatic heterocycles. The molecule has 150 valence electrons. The zero-order valence-corrected chi connectivity index (χ0v) is 17.1. The van der Waals surface area contributed by atoms with Crippen LogP contribution in [0.1, 0.15) is 16.1 Å². The Morgan fingerprint density at radius 2 is 1.83 bits per heavy atom. The molecule has 0 spiro atoms. The molecule has 1 amide bonds. The Bertz CT molecular complexity index is 927. The van der Waals surface area contributed by atoms with Gasteiger partial charge in [0.15, 0.2) is 5.76 Å². The highest BCUT2D eigenvalue weighted by molar-refractivity contribution is 9.10.